The van der Waals surface area contributed by atoms with Crippen LogP contribution in [0.5, 0.6) is 0 Å². The Balaban J connectivity index is 1.35. The van der Waals surface area contributed by atoms with Crippen LogP contribution >= 0.6 is 11.3 Å². The summed E-state index contributed by atoms with van der Waals surface area (Å²) in [6, 6.07) is 6.34. The van der Waals surface area contributed by atoms with Crippen molar-refractivity contribution >= 4 is 11.3 Å². The van der Waals surface area contributed by atoms with Crippen molar-refractivity contribution in [3.05, 3.63) is 35.5 Å². The van der Waals surface area contributed by atoms with Gasteiger partial charge in [-0.3, -0.25) is 4.90 Å². The summed E-state index contributed by atoms with van der Waals surface area (Å²) in [6.45, 7) is 12.8. The van der Waals surface area contributed by atoms with Gasteiger partial charge in [-0.1, -0.05) is 33.6 Å². The van der Waals surface area contributed by atoms with E-state index in [0.717, 1.165) is 43.3 Å². The highest BCUT2D eigenvalue weighted by Gasteiger charge is 2.34. The summed E-state index contributed by atoms with van der Waals surface area (Å²) in [4.78, 5) is 14.2. The molecule has 4 heterocycles. The number of piperidine rings is 1. The second kappa shape index (κ2) is 10.5. The van der Waals surface area contributed by atoms with Crippen molar-refractivity contribution in [3.8, 4) is 10.7 Å². The molecule has 2 unspecified atom stereocenters. The molecule has 2 aromatic heterocycles. The lowest BCUT2D eigenvalue weighted by atomic mass is 9.72. The molecule has 2 atom stereocenters. The Morgan fingerprint density at radius 3 is 2.52 bits per heavy atom. The number of thiophene rings is 1. The van der Waals surface area contributed by atoms with Crippen molar-refractivity contribution in [2.75, 3.05) is 26.3 Å². The van der Waals surface area contributed by atoms with E-state index in [2.05, 4.69) is 47.8 Å². The minimum atomic E-state index is 0.371. The number of aromatic nitrogens is 2. The zero-order chi connectivity index (χ0) is 21.7. The molecule has 4 rings (SSSR count). The highest BCUT2D eigenvalue weighted by atomic mass is 32.1. The minimum Gasteiger partial charge on any atom is -0.381 e. The third-order valence-corrected chi connectivity index (χ3v) is 8.30. The molecular formula is C26H39N3OS. The molecule has 0 aromatic carbocycles. The first-order valence-electron chi connectivity index (χ1n) is 12.1. The lowest BCUT2D eigenvalue weighted by Crippen LogP contribution is -2.44. The number of ether oxygens (including phenoxy) is 1. The van der Waals surface area contributed by atoms with Crippen LogP contribution in [0.2, 0.25) is 0 Å². The van der Waals surface area contributed by atoms with Crippen LogP contribution in [0.4, 0.5) is 0 Å². The number of likely N-dealkylation sites (tertiary alicyclic amines) is 1. The van der Waals surface area contributed by atoms with E-state index in [9.17, 15) is 0 Å². The molecule has 5 heteroatoms. The van der Waals surface area contributed by atoms with E-state index in [1.807, 2.05) is 29.8 Å². The predicted octanol–water partition coefficient (Wildman–Crippen LogP) is 6.29. The fourth-order valence-electron chi connectivity index (χ4n) is 5.23. The van der Waals surface area contributed by atoms with Crippen LogP contribution < -0.4 is 0 Å². The molecule has 31 heavy (non-hydrogen) atoms. The topological polar surface area (TPSA) is 38.2 Å². The molecule has 2 aliphatic rings. The number of rotatable bonds is 7. The van der Waals surface area contributed by atoms with Gasteiger partial charge in [0.2, 0.25) is 0 Å². The second-order valence-electron chi connectivity index (χ2n) is 10.7. The molecule has 0 aliphatic carbocycles. The summed E-state index contributed by atoms with van der Waals surface area (Å²) < 4.78 is 5.53. The van der Waals surface area contributed by atoms with Gasteiger partial charge in [-0.15, -0.1) is 11.3 Å². The summed E-state index contributed by atoms with van der Waals surface area (Å²) in [5.41, 5.74) is 0.371. The van der Waals surface area contributed by atoms with E-state index >= 15 is 0 Å². The Labute approximate surface area is 192 Å². The molecule has 0 radical (unpaired) electrons. The molecule has 2 aromatic rings. The first kappa shape index (κ1) is 22.9. The average Bonchev–Trinajstić information content (AvgIpc) is 3.23. The number of hydrogen-bond acceptors (Lipinski definition) is 5. The summed E-state index contributed by atoms with van der Waals surface area (Å²) >= 11 is 1.85. The zero-order valence-corrected chi connectivity index (χ0v) is 20.4. The highest BCUT2D eigenvalue weighted by molar-refractivity contribution is 7.15. The van der Waals surface area contributed by atoms with Crippen molar-refractivity contribution in [2.45, 2.75) is 65.8 Å². The summed E-state index contributed by atoms with van der Waals surface area (Å²) in [7, 11) is 0. The Bertz CT molecular complexity index is 794. The first-order chi connectivity index (χ1) is 15.0. The third-order valence-electron chi connectivity index (χ3n) is 7.23. The molecule has 0 amide bonds. The fourth-order valence-corrected chi connectivity index (χ4v) is 6.23. The molecule has 170 valence electrons. The second-order valence-corrected chi connectivity index (χ2v) is 11.9. The van der Waals surface area contributed by atoms with E-state index in [4.69, 9.17) is 4.74 Å². The molecule has 2 aliphatic heterocycles. The van der Waals surface area contributed by atoms with E-state index in [1.54, 1.807) is 0 Å². The Morgan fingerprint density at radius 1 is 1.03 bits per heavy atom. The van der Waals surface area contributed by atoms with Gasteiger partial charge in [-0.25, -0.2) is 9.97 Å². The van der Waals surface area contributed by atoms with Crippen molar-refractivity contribution in [3.63, 3.8) is 0 Å². The molecule has 0 spiro atoms. The van der Waals surface area contributed by atoms with Gasteiger partial charge in [0.25, 0.3) is 0 Å². The van der Waals surface area contributed by atoms with Crippen LogP contribution in [0.3, 0.4) is 0 Å². The lowest BCUT2D eigenvalue weighted by molar-refractivity contribution is 0.0489. The van der Waals surface area contributed by atoms with Crippen LogP contribution in [-0.2, 0) is 11.3 Å². The third kappa shape index (κ3) is 6.59. The predicted molar refractivity (Wildman–Crippen MR) is 129 cm³/mol. The number of nitrogens with zero attached hydrogens (tertiary/aromatic N) is 3. The smallest absolute Gasteiger partial charge is 0.169 e. The first-order valence-corrected chi connectivity index (χ1v) is 12.9. The van der Waals surface area contributed by atoms with E-state index in [-0.39, 0.29) is 0 Å². The van der Waals surface area contributed by atoms with Gasteiger partial charge in [0, 0.05) is 50.1 Å². The van der Waals surface area contributed by atoms with Crippen molar-refractivity contribution in [1.29, 1.82) is 0 Å². The monoisotopic (exact) mass is 441 g/mol. The SMILES string of the molecule is CC(C)(C)C1CC(CCCC2CCOCC2)CN(Cc2ccc(-c3ncccn3)s2)C1. The van der Waals surface area contributed by atoms with Crippen LogP contribution in [0.25, 0.3) is 10.7 Å². The summed E-state index contributed by atoms with van der Waals surface area (Å²) in [5.74, 6) is 3.34. The average molecular weight is 442 g/mol. The molecule has 4 nitrogen and oxygen atoms in total. The van der Waals surface area contributed by atoms with Crippen molar-refractivity contribution in [1.82, 2.24) is 14.9 Å². The molecule has 0 saturated carbocycles. The van der Waals surface area contributed by atoms with E-state index in [1.165, 1.54) is 61.4 Å². The minimum absolute atomic E-state index is 0.371. The highest BCUT2D eigenvalue weighted by Crippen LogP contribution is 2.38. The van der Waals surface area contributed by atoms with Gasteiger partial charge in [-0.05, 0) is 67.1 Å². The maximum atomic E-state index is 5.53. The van der Waals surface area contributed by atoms with Gasteiger partial charge in [-0.2, -0.15) is 0 Å². The van der Waals surface area contributed by atoms with Gasteiger partial charge in [0.1, 0.15) is 0 Å². The van der Waals surface area contributed by atoms with Gasteiger partial charge in [0.05, 0.1) is 4.88 Å². The van der Waals surface area contributed by atoms with Crippen LogP contribution in [0, 0.1) is 23.2 Å². The Kier molecular flexibility index (Phi) is 7.78. The molecular weight excluding hydrogens is 402 g/mol. The van der Waals surface area contributed by atoms with Crippen LogP contribution in [0.15, 0.2) is 30.6 Å². The lowest BCUT2D eigenvalue weighted by Gasteiger charge is -2.43. The van der Waals surface area contributed by atoms with Gasteiger partial charge in [0.15, 0.2) is 5.82 Å². The summed E-state index contributed by atoms with van der Waals surface area (Å²) in [5, 5.41) is 0. The molecule has 0 N–H and O–H groups in total. The standard InChI is InChI=1S/C26H39N3OS/c1-26(2,3)22-16-21(7-4-6-20-10-14-30-15-11-20)17-29(18-22)19-23-8-9-24(31-23)25-27-12-5-13-28-25/h5,8-9,12-13,20-22H,4,6-7,10-11,14-19H2,1-3H3. The van der Waals surface area contributed by atoms with Crippen molar-refractivity contribution in [2.24, 2.45) is 23.2 Å². The van der Waals surface area contributed by atoms with Crippen LogP contribution in [-0.4, -0.2) is 41.2 Å². The Hall–Kier alpha value is -1.30. The van der Waals surface area contributed by atoms with Gasteiger partial charge < -0.3 is 4.74 Å². The normalized spacial score (nSPS) is 23.8. The van der Waals surface area contributed by atoms with E-state index < -0.39 is 0 Å². The molecule has 2 saturated heterocycles. The zero-order valence-electron chi connectivity index (χ0n) is 19.6. The fraction of sp³-hybridized carbons (Fsp3) is 0.692. The quantitative estimate of drug-likeness (QED) is 0.506. The molecule has 2 fully saturated rings. The molecule has 0 bridgehead atoms. The maximum absolute atomic E-state index is 5.53. The van der Waals surface area contributed by atoms with Gasteiger partial charge >= 0.3 is 0 Å². The number of hydrogen-bond donors (Lipinski definition) is 0. The summed E-state index contributed by atoms with van der Waals surface area (Å²) in [6.07, 6.45) is 11.7. The largest absolute Gasteiger partial charge is 0.381 e. The van der Waals surface area contributed by atoms with Crippen molar-refractivity contribution < 1.29 is 4.74 Å². The van der Waals surface area contributed by atoms with Crippen LogP contribution in [0.1, 0.15) is 64.2 Å². The Morgan fingerprint density at radius 2 is 1.77 bits per heavy atom. The van der Waals surface area contributed by atoms with E-state index in [0.29, 0.717) is 5.41 Å². The maximum Gasteiger partial charge on any atom is 0.169 e.